The average Bonchev–Trinajstić information content (AvgIpc) is 3.00. The molecular weight excluding hydrogens is 290 g/mol. The molecule has 5 nitrogen and oxygen atoms in total. The van der Waals surface area contributed by atoms with E-state index in [0.29, 0.717) is 5.69 Å². The SMILES string of the molecule is CCc1ccc(-n2nnc(C(=O)O)c2-c2ccccc2C)cc1. The van der Waals surface area contributed by atoms with E-state index < -0.39 is 5.97 Å². The van der Waals surface area contributed by atoms with Gasteiger partial charge in [0, 0.05) is 5.56 Å². The number of carboxylic acid groups (broad SMARTS) is 1. The number of nitrogens with zero attached hydrogens (tertiary/aromatic N) is 3. The van der Waals surface area contributed by atoms with E-state index in [1.54, 1.807) is 4.68 Å². The molecule has 0 saturated carbocycles. The zero-order valence-electron chi connectivity index (χ0n) is 13.0. The van der Waals surface area contributed by atoms with Crippen LogP contribution in [0.4, 0.5) is 0 Å². The molecule has 0 fully saturated rings. The molecule has 3 rings (SSSR count). The molecule has 23 heavy (non-hydrogen) atoms. The van der Waals surface area contributed by atoms with Gasteiger partial charge >= 0.3 is 5.97 Å². The van der Waals surface area contributed by atoms with Crippen LogP contribution in [0.5, 0.6) is 0 Å². The molecular formula is C18H17N3O2. The molecule has 116 valence electrons. The quantitative estimate of drug-likeness (QED) is 0.801. The van der Waals surface area contributed by atoms with Crippen LogP contribution in [0, 0.1) is 6.92 Å². The Bertz CT molecular complexity index is 851. The maximum absolute atomic E-state index is 11.5. The fourth-order valence-electron chi connectivity index (χ4n) is 2.56. The van der Waals surface area contributed by atoms with Crippen LogP contribution in [-0.2, 0) is 6.42 Å². The second-order valence-electron chi connectivity index (χ2n) is 5.34. The normalized spacial score (nSPS) is 10.7. The van der Waals surface area contributed by atoms with Crippen molar-refractivity contribution in [1.82, 2.24) is 15.0 Å². The van der Waals surface area contributed by atoms with Gasteiger partial charge in [-0.05, 0) is 36.6 Å². The summed E-state index contributed by atoms with van der Waals surface area (Å²) in [6.45, 7) is 4.03. The van der Waals surface area contributed by atoms with Crippen molar-refractivity contribution >= 4 is 5.97 Å². The van der Waals surface area contributed by atoms with Gasteiger partial charge in [-0.3, -0.25) is 0 Å². The number of carbonyl (C=O) groups is 1. The zero-order valence-corrected chi connectivity index (χ0v) is 13.0. The molecule has 2 aromatic carbocycles. The second kappa shape index (κ2) is 6.04. The minimum Gasteiger partial charge on any atom is -0.476 e. The first-order valence-electron chi connectivity index (χ1n) is 7.46. The van der Waals surface area contributed by atoms with Crippen LogP contribution in [0.25, 0.3) is 16.9 Å². The number of aryl methyl sites for hydroxylation is 2. The molecule has 1 heterocycles. The van der Waals surface area contributed by atoms with Gasteiger partial charge in [-0.15, -0.1) is 5.10 Å². The zero-order chi connectivity index (χ0) is 16.4. The van der Waals surface area contributed by atoms with E-state index >= 15 is 0 Å². The van der Waals surface area contributed by atoms with Gasteiger partial charge in [0.05, 0.1) is 5.69 Å². The molecule has 1 N–H and O–H groups in total. The Hall–Kier alpha value is -2.95. The summed E-state index contributed by atoms with van der Waals surface area (Å²) in [6.07, 6.45) is 0.947. The maximum Gasteiger partial charge on any atom is 0.358 e. The highest BCUT2D eigenvalue weighted by molar-refractivity contribution is 5.93. The second-order valence-corrected chi connectivity index (χ2v) is 5.34. The standard InChI is InChI=1S/C18H17N3O2/c1-3-13-8-10-14(11-9-13)21-17(16(18(22)23)19-20-21)15-7-5-4-6-12(15)2/h4-11H,3H2,1-2H3,(H,22,23). The van der Waals surface area contributed by atoms with E-state index in [9.17, 15) is 9.90 Å². The lowest BCUT2D eigenvalue weighted by Crippen LogP contribution is -2.04. The lowest BCUT2D eigenvalue weighted by atomic mass is 10.0. The fraction of sp³-hybridized carbons (Fsp3) is 0.167. The van der Waals surface area contributed by atoms with Crippen molar-refractivity contribution in [3.05, 3.63) is 65.4 Å². The maximum atomic E-state index is 11.5. The minimum absolute atomic E-state index is 0.0427. The molecule has 1 aromatic heterocycles. The molecule has 0 spiro atoms. The Morgan fingerprint density at radius 3 is 2.43 bits per heavy atom. The molecule has 0 bridgehead atoms. The van der Waals surface area contributed by atoms with Crippen LogP contribution in [0.15, 0.2) is 48.5 Å². The summed E-state index contributed by atoms with van der Waals surface area (Å²) in [5, 5.41) is 17.4. The van der Waals surface area contributed by atoms with Crippen LogP contribution in [-0.4, -0.2) is 26.1 Å². The Morgan fingerprint density at radius 2 is 1.83 bits per heavy atom. The largest absolute Gasteiger partial charge is 0.476 e. The van der Waals surface area contributed by atoms with Crippen LogP contribution in [0.1, 0.15) is 28.5 Å². The van der Waals surface area contributed by atoms with Crippen molar-refractivity contribution in [1.29, 1.82) is 0 Å². The number of hydrogen-bond donors (Lipinski definition) is 1. The third-order valence-corrected chi connectivity index (χ3v) is 3.86. The monoisotopic (exact) mass is 307 g/mol. The average molecular weight is 307 g/mol. The number of hydrogen-bond acceptors (Lipinski definition) is 3. The fourth-order valence-corrected chi connectivity index (χ4v) is 2.56. The predicted octanol–water partition coefficient (Wildman–Crippen LogP) is 3.50. The van der Waals surface area contributed by atoms with Gasteiger partial charge in [-0.2, -0.15) is 0 Å². The van der Waals surface area contributed by atoms with Crippen molar-refractivity contribution in [2.45, 2.75) is 20.3 Å². The molecule has 0 atom stereocenters. The Morgan fingerprint density at radius 1 is 1.13 bits per heavy atom. The van der Waals surface area contributed by atoms with Crippen molar-refractivity contribution < 1.29 is 9.90 Å². The lowest BCUT2D eigenvalue weighted by Gasteiger charge is -2.10. The summed E-state index contributed by atoms with van der Waals surface area (Å²) in [4.78, 5) is 11.5. The lowest BCUT2D eigenvalue weighted by molar-refractivity contribution is 0.0691. The van der Waals surface area contributed by atoms with Crippen molar-refractivity contribution in [2.24, 2.45) is 0 Å². The minimum atomic E-state index is -1.08. The topological polar surface area (TPSA) is 68.0 Å². The van der Waals surface area contributed by atoms with E-state index in [0.717, 1.165) is 23.2 Å². The molecule has 3 aromatic rings. The Balaban J connectivity index is 2.22. The predicted molar refractivity (Wildman–Crippen MR) is 87.9 cm³/mol. The van der Waals surface area contributed by atoms with Crippen LogP contribution >= 0.6 is 0 Å². The summed E-state index contributed by atoms with van der Waals surface area (Å²) in [7, 11) is 0. The summed E-state index contributed by atoms with van der Waals surface area (Å²) < 4.78 is 1.59. The summed E-state index contributed by atoms with van der Waals surface area (Å²) >= 11 is 0. The number of aromatic carboxylic acids is 1. The first-order valence-corrected chi connectivity index (χ1v) is 7.46. The highest BCUT2D eigenvalue weighted by atomic mass is 16.4. The van der Waals surface area contributed by atoms with Crippen LogP contribution < -0.4 is 0 Å². The van der Waals surface area contributed by atoms with Gasteiger partial charge in [-0.1, -0.05) is 48.5 Å². The van der Waals surface area contributed by atoms with Gasteiger partial charge in [0.25, 0.3) is 0 Å². The van der Waals surface area contributed by atoms with E-state index in [2.05, 4.69) is 17.2 Å². The molecule has 0 unspecified atom stereocenters. The highest BCUT2D eigenvalue weighted by Gasteiger charge is 2.22. The molecule has 0 aliphatic heterocycles. The first kappa shape index (κ1) is 15.0. The highest BCUT2D eigenvalue weighted by Crippen LogP contribution is 2.28. The number of rotatable bonds is 4. The van der Waals surface area contributed by atoms with Crippen molar-refractivity contribution in [2.75, 3.05) is 0 Å². The smallest absolute Gasteiger partial charge is 0.358 e. The van der Waals surface area contributed by atoms with E-state index in [4.69, 9.17) is 0 Å². The molecule has 0 aliphatic rings. The number of aromatic nitrogens is 3. The third-order valence-electron chi connectivity index (χ3n) is 3.86. The van der Waals surface area contributed by atoms with Crippen LogP contribution in [0.3, 0.4) is 0 Å². The molecule has 5 heteroatoms. The van der Waals surface area contributed by atoms with Crippen LogP contribution in [0.2, 0.25) is 0 Å². The van der Waals surface area contributed by atoms with E-state index in [1.165, 1.54) is 5.56 Å². The number of benzene rings is 2. The van der Waals surface area contributed by atoms with Gasteiger partial charge in [0.15, 0.2) is 5.69 Å². The van der Waals surface area contributed by atoms with Gasteiger partial charge in [0.2, 0.25) is 0 Å². The molecule has 0 amide bonds. The van der Waals surface area contributed by atoms with E-state index in [-0.39, 0.29) is 5.69 Å². The van der Waals surface area contributed by atoms with Gasteiger partial charge < -0.3 is 5.11 Å². The first-order chi connectivity index (χ1) is 11.1. The van der Waals surface area contributed by atoms with Gasteiger partial charge in [-0.25, -0.2) is 9.48 Å². The Labute approximate surface area is 134 Å². The number of carboxylic acids is 1. The molecule has 0 radical (unpaired) electrons. The van der Waals surface area contributed by atoms with Crippen molar-refractivity contribution in [3.8, 4) is 16.9 Å². The Kier molecular flexibility index (Phi) is 3.93. The molecule has 0 aliphatic carbocycles. The summed E-state index contributed by atoms with van der Waals surface area (Å²) in [5.41, 5.74) is 4.25. The van der Waals surface area contributed by atoms with Gasteiger partial charge in [0.1, 0.15) is 5.69 Å². The third kappa shape index (κ3) is 2.73. The summed E-state index contributed by atoms with van der Waals surface area (Å²) in [5.74, 6) is -1.08. The summed E-state index contributed by atoms with van der Waals surface area (Å²) in [6, 6.07) is 15.5. The molecule has 0 saturated heterocycles. The van der Waals surface area contributed by atoms with Crippen molar-refractivity contribution in [3.63, 3.8) is 0 Å². The van der Waals surface area contributed by atoms with E-state index in [1.807, 2.05) is 55.5 Å².